The summed E-state index contributed by atoms with van der Waals surface area (Å²) in [5.41, 5.74) is 2.77. The van der Waals surface area contributed by atoms with Crippen LogP contribution in [-0.4, -0.2) is 16.1 Å². The molecule has 90 valence electrons. The number of fused-ring (bicyclic) bond motifs is 1. The second-order valence-electron chi connectivity index (χ2n) is 4.71. The van der Waals surface area contributed by atoms with Gasteiger partial charge in [-0.3, -0.25) is 0 Å². The molecular formula is C13H23N3. The third-order valence-corrected chi connectivity index (χ3v) is 3.46. The van der Waals surface area contributed by atoms with Crippen LogP contribution in [0.15, 0.2) is 0 Å². The van der Waals surface area contributed by atoms with E-state index in [1.165, 1.54) is 30.1 Å². The van der Waals surface area contributed by atoms with Crippen molar-refractivity contribution in [3.63, 3.8) is 0 Å². The van der Waals surface area contributed by atoms with Gasteiger partial charge < -0.3 is 9.88 Å². The number of aryl methyl sites for hydroxylation is 1. The van der Waals surface area contributed by atoms with Gasteiger partial charge in [-0.15, -0.1) is 0 Å². The Morgan fingerprint density at radius 2 is 2.25 bits per heavy atom. The first-order valence-electron chi connectivity index (χ1n) is 6.57. The molecule has 0 fully saturated rings. The van der Waals surface area contributed by atoms with E-state index in [4.69, 9.17) is 4.98 Å². The lowest BCUT2D eigenvalue weighted by Gasteiger charge is -2.21. The first kappa shape index (κ1) is 11.6. The van der Waals surface area contributed by atoms with Crippen molar-refractivity contribution >= 4 is 0 Å². The highest BCUT2D eigenvalue weighted by molar-refractivity contribution is 5.21. The second-order valence-corrected chi connectivity index (χ2v) is 4.71. The molecule has 1 aromatic heterocycles. The normalized spacial score (nSPS) is 17.2. The Bertz CT molecular complexity index is 354. The summed E-state index contributed by atoms with van der Waals surface area (Å²) >= 11 is 0. The molecule has 2 heterocycles. The summed E-state index contributed by atoms with van der Waals surface area (Å²) in [5, 5.41) is 3.40. The van der Waals surface area contributed by atoms with Crippen LogP contribution in [0.25, 0.3) is 0 Å². The van der Waals surface area contributed by atoms with Crippen molar-refractivity contribution in [2.45, 2.75) is 59.0 Å². The van der Waals surface area contributed by atoms with E-state index in [9.17, 15) is 0 Å². The maximum Gasteiger partial charge on any atom is 0.109 e. The standard InChI is InChI=1S/C13H23N3/c1-4-6-10(3)16-12-7-8-14-9-11(12)15-13(16)5-2/h10,14H,4-9H2,1-3H3. The smallest absolute Gasteiger partial charge is 0.109 e. The number of nitrogens with zero attached hydrogens (tertiary/aromatic N) is 2. The highest BCUT2D eigenvalue weighted by atomic mass is 15.1. The van der Waals surface area contributed by atoms with Crippen LogP contribution < -0.4 is 5.32 Å². The molecule has 1 N–H and O–H groups in total. The van der Waals surface area contributed by atoms with Gasteiger partial charge in [0.05, 0.1) is 5.69 Å². The lowest BCUT2D eigenvalue weighted by atomic mass is 10.1. The van der Waals surface area contributed by atoms with Gasteiger partial charge in [0, 0.05) is 37.7 Å². The fraction of sp³-hybridized carbons (Fsp3) is 0.769. The van der Waals surface area contributed by atoms with Gasteiger partial charge in [-0.1, -0.05) is 20.3 Å². The van der Waals surface area contributed by atoms with Crippen molar-refractivity contribution in [3.8, 4) is 0 Å². The number of imidazole rings is 1. The fourth-order valence-corrected chi connectivity index (χ4v) is 2.71. The quantitative estimate of drug-likeness (QED) is 0.846. The minimum absolute atomic E-state index is 0.606. The van der Waals surface area contributed by atoms with E-state index < -0.39 is 0 Å². The Hall–Kier alpha value is -0.830. The van der Waals surface area contributed by atoms with Crippen molar-refractivity contribution in [2.75, 3.05) is 6.54 Å². The van der Waals surface area contributed by atoms with E-state index in [0.717, 1.165) is 25.9 Å². The molecule has 1 unspecified atom stereocenters. The summed E-state index contributed by atoms with van der Waals surface area (Å²) in [6, 6.07) is 0.606. The number of aromatic nitrogens is 2. The molecule has 1 aliphatic rings. The van der Waals surface area contributed by atoms with Crippen LogP contribution in [0.5, 0.6) is 0 Å². The molecule has 3 nitrogen and oxygen atoms in total. The molecule has 0 aromatic carbocycles. The molecule has 0 bridgehead atoms. The van der Waals surface area contributed by atoms with Gasteiger partial charge in [-0.05, 0) is 13.3 Å². The molecule has 0 radical (unpaired) electrons. The van der Waals surface area contributed by atoms with E-state index in [-0.39, 0.29) is 0 Å². The molecular weight excluding hydrogens is 198 g/mol. The molecule has 16 heavy (non-hydrogen) atoms. The molecule has 0 spiro atoms. The number of nitrogens with one attached hydrogen (secondary N) is 1. The summed E-state index contributed by atoms with van der Waals surface area (Å²) in [4.78, 5) is 4.77. The zero-order valence-electron chi connectivity index (χ0n) is 10.7. The van der Waals surface area contributed by atoms with Gasteiger partial charge in [0.2, 0.25) is 0 Å². The van der Waals surface area contributed by atoms with Gasteiger partial charge >= 0.3 is 0 Å². The van der Waals surface area contributed by atoms with Gasteiger partial charge in [0.1, 0.15) is 5.82 Å². The minimum Gasteiger partial charge on any atom is -0.329 e. The molecule has 0 saturated heterocycles. The average Bonchev–Trinajstić information content (AvgIpc) is 2.67. The molecule has 0 saturated carbocycles. The van der Waals surface area contributed by atoms with Crippen LogP contribution in [0.1, 0.15) is 56.9 Å². The Morgan fingerprint density at radius 1 is 1.44 bits per heavy atom. The van der Waals surface area contributed by atoms with Gasteiger partial charge in [0.25, 0.3) is 0 Å². The minimum atomic E-state index is 0.606. The summed E-state index contributed by atoms with van der Waals surface area (Å²) in [7, 11) is 0. The van der Waals surface area contributed by atoms with Crippen molar-refractivity contribution in [1.82, 2.24) is 14.9 Å². The topological polar surface area (TPSA) is 29.9 Å². The molecule has 2 rings (SSSR count). The highest BCUT2D eigenvalue weighted by Crippen LogP contribution is 2.24. The van der Waals surface area contributed by atoms with Crippen LogP contribution in [-0.2, 0) is 19.4 Å². The number of hydrogen-bond donors (Lipinski definition) is 1. The average molecular weight is 221 g/mol. The molecule has 1 aromatic rings. The molecule has 1 atom stereocenters. The van der Waals surface area contributed by atoms with Crippen LogP contribution in [0.4, 0.5) is 0 Å². The lowest BCUT2D eigenvalue weighted by molar-refractivity contribution is 0.461. The van der Waals surface area contributed by atoms with Crippen molar-refractivity contribution in [3.05, 3.63) is 17.2 Å². The van der Waals surface area contributed by atoms with Gasteiger partial charge in [0.15, 0.2) is 0 Å². The van der Waals surface area contributed by atoms with E-state index in [2.05, 4.69) is 30.7 Å². The lowest BCUT2D eigenvalue weighted by Crippen LogP contribution is -2.25. The van der Waals surface area contributed by atoms with E-state index >= 15 is 0 Å². The third kappa shape index (κ3) is 2.01. The van der Waals surface area contributed by atoms with Crippen LogP contribution in [0, 0.1) is 0 Å². The maximum absolute atomic E-state index is 4.77. The van der Waals surface area contributed by atoms with Crippen molar-refractivity contribution in [2.24, 2.45) is 0 Å². The Kier molecular flexibility index (Phi) is 3.64. The zero-order chi connectivity index (χ0) is 11.5. The summed E-state index contributed by atoms with van der Waals surface area (Å²) in [6.45, 7) is 8.84. The van der Waals surface area contributed by atoms with E-state index in [1.54, 1.807) is 0 Å². The molecule has 0 amide bonds. The number of hydrogen-bond acceptors (Lipinski definition) is 2. The summed E-state index contributed by atoms with van der Waals surface area (Å²) in [5.74, 6) is 1.27. The van der Waals surface area contributed by atoms with E-state index in [0.29, 0.717) is 6.04 Å². The highest BCUT2D eigenvalue weighted by Gasteiger charge is 2.21. The van der Waals surface area contributed by atoms with Gasteiger partial charge in [-0.25, -0.2) is 4.98 Å². The fourth-order valence-electron chi connectivity index (χ4n) is 2.71. The SMILES string of the molecule is CCCC(C)n1c(CC)nc2c1CCNC2. The Morgan fingerprint density at radius 3 is 2.94 bits per heavy atom. The molecule has 0 aliphatic carbocycles. The first-order valence-corrected chi connectivity index (χ1v) is 6.57. The third-order valence-electron chi connectivity index (χ3n) is 3.46. The predicted molar refractivity (Wildman–Crippen MR) is 66.6 cm³/mol. The van der Waals surface area contributed by atoms with Crippen LogP contribution >= 0.6 is 0 Å². The van der Waals surface area contributed by atoms with Crippen molar-refractivity contribution in [1.29, 1.82) is 0 Å². The monoisotopic (exact) mass is 221 g/mol. The van der Waals surface area contributed by atoms with Gasteiger partial charge in [-0.2, -0.15) is 0 Å². The first-order chi connectivity index (χ1) is 7.77. The summed E-state index contributed by atoms with van der Waals surface area (Å²) < 4.78 is 2.50. The molecule has 1 aliphatic heterocycles. The number of rotatable bonds is 4. The Labute approximate surface area is 98.3 Å². The van der Waals surface area contributed by atoms with Crippen molar-refractivity contribution < 1.29 is 0 Å². The van der Waals surface area contributed by atoms with Crippen LogP contribution in [0.2, 0.25) is 0 Å². The van der Waals surface area contributed by atoms with Crippen LogP contribution in [0.3, 0.4) is 0 Å². The van der Waals surface area contributed by atoms with E-state index in [1.807, 2.05) is 0 Å². The maximum atomic E-state index is 4.77. The Balaban J connectivity index is 2.36. The molecule has 3 heteroatoms. The predicted octanol–water partition coefficient (Wildman–Crippen LogP) is 2.45. The zero-order valence-corrected chi connectivity index (χ0v) is 10.7. The largest absolute Gasteiger partial charge is 0.329 e. The second kappa shape index (κ2) is 5.00. The summed E-state index contributed by atoms with van der Waals surface area (Å²) in [6.07, 6.45) is 4.68.